The largest absolute Gasteiger partial charge is 0.491 e. The van der Waals surface area contributed by atoms with E-state index in [-0.39, 0.29) is 18.6 Å². The van der Waals surface area contributed by atoms with Gasteiger partial charge in [-0.25, -0.2) is 9.79 Å². The lowest BCUT2D eigenvalue weighted by molar-refractivity contribution is -0.140. The molecule has 31 heavy (non-hydrogen) atoms. The molecular weight excluding hydrogens is 511 g/mol. The molecule has 8 nitrogen and oxygen atoms in total. The number of aliphatic carboxylic acids is 1. The van der Waals surface area contributed by atoms with Gasteiger partial charge in [0, 0.05) is 16.7 Å². The summed E-state index contributed by atoms with van der Waals surface area (Å²) in [4.78, 5) is 27.7. The first-order valence-corrected chi connectivity index (χ1v) is 10.9. The zero-order valence-electron chi connectivity index (χ0n) is 17.7. The van der Waals surface area contributed by atoms with Gasteiger partial charge in [-0.05, 0) is 78.4 Å². The van der Waals surface area contributed by atoms with Crippen LogP contribution in [0.5, 0.6) is 5.75 Å². The molecule has 9 heteroatoms. The minimum atomic E-state index is -0.977. The Balaban J connectivity index is 2.10. The zero-order valence-corrected chi connectivity index (χ0v) is 19.8. The molecule has 0 aromatic heterocycles. The normalized spacial score (nSPS) is 12.2. The summed E-state index contributed by atoms with van der Waals surface area (Å²) in [6.45, 7) is 5.88. The van der Waals surface area contributed by atoms with Crippen molar-refractivity contribution in [3.8, 4) is 5.75 Å². The van der Waals surface area contributed by atoms with Crippen LogP contribution in [0.1, 0.15) is 26.3 Å². The first kappa shape index (κ1) is 24.4. The van der Waals surface area contributed by atoms with Crippen LogP contribution in [0.4, 0.5) is 10.5 Å². The number of nitrogens with zero attached hydrogens (tertiary/aromatic N) is 1. The number of hydrogen-bond donors (Lipinski definition) is 4. The molecule has 0 saturated heterocycles. The SMILES string of the molecule is CC(C)Oc1ccc(/N=C(/NCc2ccc(I)cc2)NC(=O)NC[C@H](C)C(=O)O)cc1. The molecule has 0 bridgehead atoms. The number of ether oxygens (including phenoxy) is 1. The molecule has 0 aliphatic carbocycles. The Morgan fingerprint density at radius 1 is 1.03 bits per heavy atom. The fourth-order valence-corrected chi connectivity index (χ4v) is 2.74. The van der Waals surface area contributed by atoms with Gasteiger partial charge in [0.2, 0.25) is 5.96 Å². The van der Waals surface area contributed by atoms with Gasteiger partial charge in [-0.2, -0.15) is 0 Å². The van der Waals surface area contributed by atoms with Crippen LogP contribution in [0.15, 0.2) is 53.5 Å². The molecule has 2 aromatic carbocycles. The quantitative estimate of drug-likeness (QED) is 0.232. The smallest absolute Gasteiger partial charge is 0.321 e. The number of amides is 2. The highest BCUT2D eigenvalue weighted by molar-refractivity contribution is 14.1. The Bertz CT molecular complexity index is 899. The highest BCUT2D eigenvalue weighted by Crippen LogP contribution is 2.19. The van der Waals surface area contributed by atoms with Gasteiger partial charge < -0.3 is 20.5 Å². The summed E-state index contributed by atoms with van der Waals surface area (Å²) in [7, 11) is 0. The summed E-state index contributed by atoms with van der Waals surface area (Å²) < 4.78 is 6.76. The highest BCUT2D eigenvalue weighted by Gasteiger charge is 2.13. The lowest BCUT2D eigenvalue weighted by Gasteiger charge is -2.14. The average molecular weight is 538 g/mol. The number of nitrogens with one attached hydrogen (secondary N) is 3. The van der Waals surface area contributed by atoms with Gasteiger partial charge in [0.15, 0.2) is 0 Å². The first-order chi connectivity index (χ1) is 14.7. The second-order valence-electron chi connectivity index (χ2n) is 7.18. The van der Waals surface area contributed by atoms with E-state index in [4.69, 9.17) is 9.84 Å². The number of hydrogen-bond acceptors (Lipinski definition) is 4. The third kappa shape index (κ3) is 9.24. The fraction of sp³-hybridized carbons (Fsp3) is 0.318. The molecule has 0 radical (unpaired) electrons. The van der Waals surface area contributed by atoms with Crippen LogP contribution < -0.4 is 20.7 Å². The maximum Gasteiger partial charge on any atom is 0.321 e. The topological polar surface area (TPSA) is 112 Å². The molecule has 0 fully saturated rings. The number of benzene rings is 2. The number of carboxylic acid groups (broad SMARTS) is 1. The zero-order chi connectivity index (χ0) is 22.8. The van der Waals surface area contributed by atoms with Crippen LogP contribution in [-0.2, 0) is 11.3 Å². The second kappa shape index (κ2) is 12.1. The van der Waals surface area contributed by atoms with Crippen molar-refractivity contribution in [3.63, 3.8) is 0 Å². The van der Waals surface area contributed by atoms with Crippen LogP contribution in [0.3, 0.4) is 0 Å². The van der Waals surface area contributed by atoms with Gasteiger partial charge in [0.05, 0.1) is 17.7 Å². The van der Waals surface area contributed by atoms with Crippen molar-refractivity contribution in [2.45, 2.75) is 33.4 Å². The van der Waals surface area contributed by atoms with Gasteiger partial charge in [-0.3, -0.25) is 10.1 Å². The molecular formula is C22H27IN4O4. The Labute approximate surface area is 195 Å². The number of halogens is 1. The number of aliphatic imine (C=N–C) groups is 1. The number of rotatable bonds is 8. The molecule has 0 heterocycles. The van der Waals surface area contributed by atoms with Crippen LogP contribution in [0.2, 0.25) is 0 Å². The maximum absolute atomic E-state index is 12.2. The lowest BCUT2D eigenvalue weighted by Crippen LogP contribution is -2.47. The molecule has 2 amide bonds. The molecule has 2 rings (SSSR count). The molecule has 166 valence electrons. The van der Waals surface area contributed by atoms with E-state index in [0.717, 1.165) is 14.9 Å². The minimum absolute atomic E-state index is 0.00675. The van der Waals surface area contributed by atoms with Crippen molar-refractivity contribution < 1.29 is 19.4 Å². The number of guanidine groups is 1. The minimum Gasteiger partial charge on any atom is -0.491 e. The molecule has 0 aliphatic rings. The molecule has 0 aliphatic heterocycles. The van der Waals surface area contributed by atoms with Gasteiger partial charge in [0.25, 0.3) is 0 Å². The summed E-state index contributed by atoms with van der Waals surface area (Å²) in [6.07, 6.45) is 0.0686. The van der Waals surface area contributed by atoms with Crippen LogP contribution >= 0.6 is 22.6 Å². The average Bonchev–Trinajstić information content (AvgIpc) is 2.72. The van der Waals surface area contributed by atoms with Crippen molar-refractivity contribution in [2.75, 3.05) is 6.54 Å². The number of carbonyl (C=O) groups excluding carboxylic acids is 1. The number of carboxylic acids is 1. The van der Waals surface area contributed by atoms with E-state index in [2.05, 4.69) is 43.5 Å². The van der Waals surface area contributed by atoms with Crippen molar-refractivity contribution >= 4 is 46.2 Å². The van der Waals surface area contributed by atoms with E-state index in [0.29, 0.717) is 12.2 Å². The lowest BCUT2D eigenvalue weighted by atomic mass is 10.2. The van der Waals surface area contributed by atoms with Crippen LogP contribution in [0.25, 0.3) is 0 Å². The summed E-state index contributed by atoms with van der Waals surface area (Å²) in [5.74, 6) is -0.693. The van der Waals surface area contributed by atoms with Crippen LogP contribution in [0, 0.1) is 9.49 Å². The van der Waals surface area contributed by atoms with Crippen molar-refractivity contribution in [1.82, 2.24) is 16.0 Å². The van der Waals surface area contributed by atoms with E-state index >= 15 is 0 Å². The van der Waals surface area contributed by atoms with Crippen molar-refractivity contribution in [2.24, 2.45) is 10.9 Å². The van der Waals surface area contributed by atoms with E-state index in [9.17, 15) is 9.59 Å². The molecule has 0 saturated carbocycles. The third-order valence-electron chi connectivity index (χ3n) is 4.04. The fourth-order valence-electron chi connectivity index (χ4n) is 2.39. The predicted octanol–water partition coefficient (Wildman–Crippen LogP) is 3.88. The van der Waals surface area contributed by atoms with Gasteiger partial charge in [-0.1, -0.05) is 19.1 Å². The van der Waals surface area contributed by atoms with Gasteiger partial charge in [-0.15, -0.1) is 0 Å². The molecule has 2 aromatic rings. The van der Waals surface area contributed by atoms with Crippen molar-refractivity contribution in [3.05, 3.63) is 57.7 Å². The maximum atomic E-state index is 12.2. The van der Waals surface area contributed by atoms with Crippen LogP contribution in [-0.4, -0.2) is 35.7 Å². The molecule has 4 N–H and O–H groups in total. The number of carbonyl (C=O) groups is 2. The summed E-state index contributed by atoms with van der Waals surface area (Å²) >= 11 is 2.24. The Morgan fingerprint density at radius 2 is 1.68 bits per heavy atom. The van der Waals surface area contributed by atoms with E-state index in [1.807, 2.05) is 50.2 Å². The molecule has 0 spiro atoms. The summed E-state index contributed by atoms with van der Waals surface area (Å²) in [5.41, 5.74) is 1.65. The monoisotopic (exact) mass is 538 g/mol. The second-order valence-corrected chi connectivity index (χ2v) is 8.42. The van der Waals surface area contributed by atoms with Gasteiger partial charge in [0.1, 0.15) is 5.75 Å². The Kier molecular flexibility index (Phi) is 9.57. The first-order valence-electron chi connectivity index (χ1n) is 9.84. The van der Waals surface area contributed by atoms with E-state index < -0.39 is 17.9 Å². The standard InChI is InChI=1S/C22H27IN4O4/c1-14(2)31-19-10-8-18(9-11-19)26-21(24-13-16-4-6-17(23)7-5-16)27-22(30)25-12-15(3)20(28)29/h4-11,14-15H,12-13H2,1-3H3,(H,28,29)(H3,24,25,26,27,30)/t15-/m0/s1. The number of urea groups is 1. The van der Waals surface area contributed by atoms with Crippen molar-refractivity contribution in [1.29, 1.82) is 0 Å². The van der Waals surface area contributed by atoms with E-state index in [1.54, 1.807) is 12.1 Å². The van der Waals surface area contributed by atoms with E-state index in [1.165, 1.54) is 6.92 Å². The summed E-state index contributed by atoms with van der Waals surface area (Å²) in [5, 5.41) is 17.3. The highest BCUT2D eigenvalue weighted by atomic mass is 127. The Hall–Kier alpha value is -2.82. The molecule has 1 atom stereocenters. The van der Waals surface area contributed by atoms with Gasteiger partial charge >= 0.3 is 12.0 Å². The predicted molar refractivity (Wildman–Crippen MR) is 129 cm³/mol. The summed E-state index contributed by atoms with van der Waals surface area (Å²) in [6, 6.07) is 14.6. The third-order valence-corrected chi connectivity index (χ3v) is 4.76. The molecule has 0 unspecified atom stereocenters. The Morgan fingerprint density at radius 3 is 2.26 bits per heavy atom.